The Hall–Kier alpha value is -4.05. The van der Waals surface area contributed by atoms with Gasteiger partial charge in [-0.2, -0.15) is 0 Å². The smallest absolute Gasteiger partial charge is 0.325 e. The molecule has 184 valence electrons. The molecule has 1 saturated heterocycles. The van der Waals surface area contributed by atoms with Crippen LogP contribution >= 0.6 is 0 Å². The number of aromatic nitrogens is 1. The molecule has 4 N–H and O–H groups in total. The molecule has 1 fully saturated rings. The van der Waals surface area contributed by atoms with Crippen LogP contribution in [-0.2, 0) is 14.4 Å². The van der Waals surface area contributed by atoms with E-state index in [1.807, 2.05) is 29.2 Å². The Bertz CT molecular complexity index is 1230. The molecule has 1 aliphatic heterocycles. The highest BCUT2D eigenvalue weighted by Gasteiger charge is 2.32. The number of hydrogen-bond donors (Lipinski definition) is 4. The lowest BCUT2D eigenvalue weighted by molar-refractivity contribution is -0.143. The Morgan fingerprint density at radius 1 is 1.06 bits per heavy atom. The number of fused-ring (bicyclic) bond motifs is 1. The van der Waals surface area contributed by atoms with Gasteiger partial charge in [0.1, 0.15) is 11.8 Å². The molecule has 1 aromatic heterocycles. The fourth-order valence-corrected chi connectivity index (χ4v) is 4.43. The molecule has 1 atom stereocenters. The minimum Gasteiger partial charge on any atom is -0.497 e. The van der Waals surface area contributed by atoms with E-state index in [0.29, 0.717) is 42.9 Å². The predicted octanol–water partition coefficient (Wildman–Crippen LogP) is 2.93. The van der Waals surface area contributed by atoms with Crippen molar-refractivity contribution in [2.75, 3.05) is 43.5 Å². The number of methoxy groups -OCH3 is 1. The number of aromatic amines is 1. The van der Waals surface area contributed by atoms with Gasteiger partial charge < -0.3 is 30.2 Å². The summed E-state index contributed by atoms with van der Waals surface area (Å²) in [4.78, 5) is 42.2. The van der Waals surface area contributed by atoms with Crippen LogP contribution in [-0.4, -0.2) is 71.2 Å². The van der Waals surface area contributed by atoms with Crippen molar-refractivity contribution < 1.29 is 29.3 Å². The predicted molar refractivity (Wildman–Crippen MR) is 131 cm³/mol. The number of nitrogens with one attached hydrogen (secondary N) is 2. The van der Waals surface area contributed by atoms with Gasteiger partial charge in [-0.25, -0.2) is 0 Å². The lowest BCUT2D eigenvalue weighted by Gasteiger charge is -2.38. The number of aliphatic carboxylic acids is 2. The lowest BCUT2D eigenvalue weighted by Crippen LogP contribution is -2.49. The van der Waals surface area contributed by atoms with Crippen molar-refractivity contribution in [3.05, 3.63) is 54.2 Å². The van der Waals surface area contributed by atoms with E-state index in [2.05, 4.69) is 15.2 Å². The summed E-state index contributed by atoms with van der Waals surface area (Å²) >= 11 is 0. The molecule has 0 bridgehead atoms. The summed E-state index contributed by atoms with van der Waals surface area (Å²) in [6.45, 7) is 2.54. The standard InChI is InChI=1S/C25H28N4O6/c1-35-18-4-2-3-17(14-18)28-9-11-29(12-10-28)24(25(33)34)20-15-26-21-13-16(5-6-19(20)21)27-22(30)7-8-23(31)32/h2-6,13-15,24,26H,7-12H2,1H3,(H,27,30)(H,31,32)(H,33,34)/t24-/m0/s1. The Morgan fingerprint density at radius 3 is 2.51 bits per heavy atom. The number of nitrogens with zero attached hydrogens (tertiary/aromatic N) is 2. The van der Waals surface area contributed by atoms with E-state index in [1.165, 1.54) is 0 Å². The molecule has 3 aromatic rings. The van der Waals surface area contributed by atoms with E-state index in [-0.39, 0.29) is 12.8 Å². The van der Waals surface area contributed by atoms with E-state index < -0.39 is 23.9 Å². The summed E-state index contributed by atoms with van der Waals surface area (Å²) in [7, 11) is 1.63. The van der Waals surface area contributed by atoms with Crippen LogP contribution in [0.2, 0.25) is 0 Å². The Labute approximate surface area is 202 Å². The van der Waals surface area contributed by atoms with E-state index in [0.717, 1.165) is 16.8 Å². The van der Waals surface area contributed by atoms with Crippen LogP contribution in [0.5, 0.6) is 5.75 Å². The van der Waals surface area contributed by atoms with Gasteiger partial charge in [0.05, 0.1) is 13.5 Å². The Balaban J connectivity index is 1.47. The largest absolute Gasteiger partial charge is 0.497 e. The van der Waals surface area contributed by atoms with Crippen molar-refractivity contribution in [1.82, 2.24) is 9.88 Å². The van der Waals surface area contributed by atoms with Gasteiger partial charge in [-0.3, -0.25) is 19.3 Å². The lowest BCUT2D eigenvalue weighted by atomic mass is 10.0. The van der Waals surface area contributed by atoms with Gasteiger partial charge in [0.25, 0.3) is 0 Å². The van der Waals surface area contributed by atoms with Crippen molar-refractivity contribution in [3.63, 3.8) is 0 Å². The average molecular weight is 481 g/mol. The summed E-state index contributed by atoms with van der Waals surface area (Å²) in [5.74, 6) is -1.57. The molecule has 0 saturated carbocycles. The number of carboxylic acids is 2. The second kappa shape index (κ2) is 10.5. The topological polar surface area (TPSA) is 135 Å². The van der Waals surface area contributed by atoms with Gasteiger partial charge >= 0.3 is 11.9 Å². The molecule has 2 heterocycles. The third kappa shape index (κ3) is 5.55. The first-order chi connectivity index (χ1) is 16.9. The number of carbonyl (C=O) groups is 3. The first-order valence-electron chi connectivity index (χ1n) is 11.3. The maximum Gasteiger partial charge on any atom is 0.325 e. The molecule has 0 spiro atoms. The van der Waals surface area contributed by atoms with Crippen LogP contribution in [0.4, 0.5) is 11.4 Å². The molecule has 1 amide bonds. The van der Waals surface area contributed by atoms with Crippen molar-refractivity contribution in [3.8, 4) is 5.75 Å². The molecule has 4 rings (SSSR count). The minimum absolute atomic E-state index is 0.119. The van der Waals surface area contributed by atoms with Crippen LogP contribution in [0.15, 0.2) is 48.7 Å². The molecule has 10 heteroatoms. The second-order valence-corrected chi connectivity index (χ2v) is 8.41. The highest BCUT2D eigenvalue weighted by Crippen LogP contribution is 2.32. The van der Waals surface area contributed by atoms with Crippen molar-refractivity contribution in [1.29, 1.82) is 0 Å². The van der Waals surface area contributed by atoms with Gasteiger partial charge in [-0.1, -0.05) is 12.1 Å². The van der Waals surface area contributed by atoms with Gasteiger partial charge in [-0.05, 0) is 24.3 Å². The van der Waals surface area contributed by atoms with Gasteiger partial charge in [0, 0.05) is 72.7 Å². The number of hydrogen-bond acceptors (Lipinski definition) is 6. The van der Waals surface area contributed by atoms with Gasteiger partial charge in [0.15, 0.2) is 0 Å². The fraction of sp³-hybridized carbons (Fsp3) is 0.320. The van der Waals surface area contributed by atoms with Crippen LogP contribution < -0.4 is 15.0 Å². The number of H-pyrrole nitrogens is 1. The molecule has 10 nitrogen and oxygen atoms in total. The average Bonchev–Trinajstić information content (AvgIpc) is 3.26. The molecule has 35 heavy (non-hydrogen) atoms. The number of ether oxygens (including phenoxy) is 1. The van der Waals surface area contributed by atoms with Crippen LogP contribution in [0.3, 0.4) is 0 Å². The summed E-state index contributed by atoms with van der Waals surface area (Å²) in [6.07, 6.45) is 1.34. The van der Waals surface area contributed by atoms with Crippen LogP contribution in [0, 0.1) is 0 Å². The first-order valence-corrected chi connectivity index (χ1v) is 11.3. The second-order valence-electron chi connectivity index (χ2n) is 8.41. The Kier molecular flexibility index (Phi) is 7.21. The normalized spacial score (nSPS) is 15.1. The zero-order valence-electron chi connectivity index (χ0n) is 19.4. The number of carbonyl (C=O) groups excluding carboxylic acids is 1. The molecular weight excluding hydrogens is 452 g/mol. The molecule has 2 aromatic carbocycles. The highest BCUT2D eigenvalue weighted by atomic mass is 16.5. The van der Waals surface area contributed by atoms with Crippen LogP contribution in [0.1, 0.15) is 24.4 Å². The van der Waals surface area contributed by atoms with E-state index in [4.69, 9.17) is 9.84 Å². The third-order valence-corrected chi connectivity index (χ3v) is 6.19. The minimum atomic E-state index is -1.03. The number of rotatable bonds is 9. The van der Waals surface area contributed by atoms with Gasteiger partial charge in [-0.15, -0.1) is 0 Å². The summed E-state index contributed by atoms with van der Waals surface area (Å²) in [6, 6.07) is 12.2. The highest BCUT2D eigenvalue weighted by molar-refractivity contribution is 5.96. The van der Waals surface area contributed by atoms with Gasteiger partial charge in [0.2, 0.25) is 5.91 Å². The Morgan fingerprint density at radius 2 is 1.83 bits per heavy atom. The maximum atomic E-state index is 12.3. The molecule has 1 aliphatic rings. The monoisotopic (exact) mass is 480 g/mol. The third-order valence-electron chi connectivity index (χ3n) is 6.19. The number of carboxylic acid groups (broad SMARTS) is 2. The van der Waals surface area contributed by atoms with Crippen LogP contribution in [0.25, 0.3) is 10.9 Å². The summed E-state index contributed by atoms with van der Waals surface area (Å²) in [5.41, 5.74) is 2.91. The quantitative estimate of drug-likeness (QED) is 0.367. The van der Waals surface area contributed by atoms with Crippen molar-refractivity contribution >= 4 is 40.1 Å². The SMILES string of the molecule is COc1cccc(N2CCN([C@H](C(=O)O)c3c[nH]c4cc(NC(=O)CCC(=O)O)ccc34)CC2)c1. The first kappa shape index (κ1) is 24.1. The maximum absolute atomic E-state index is 12.3. The number of amides is 1. The van der Waals surface area contributed by atoms with E-state index in [9.17, 15) is 19.5 Å². The van der Waals surface area contributed by atoms with Crippen molar-refractivity contribution in [2.24, 2.45) is 0 Å². The number of piperazine rings is 1. The zero-order chi connectivity index (χ0) is 24.9. The summed E-state index contributed by atoms with van der Waals surface area (Å²) < 4.78 is 5.31. The molecule has 0 radical (unpaired) electrons. The number of anilines is 2. The molecule has 0 unspecified atom stereocenters. The van der Waals surface area contributed by atoms with E-state index in [1.54, 1.807) is 31.5 Å². The summed E-state index contributed by atoms with van der Waals surface area (Å²) in [5, 5.41) is 22.3. The van der Waals surface area contributed by atoms with E-state index >= 15 is 0 Å². The number of benzene rings is 2. The fourth-order valence-electron chi connectivity index (χ4n) is 4.43. The molecule has 0 aliphatic carbocycles. The van der Waals surface area contributed by atoms with Crippen molar-refractivity contribution in [2.45, 2.75) is 18.9 Å². The zero-order valence-corrected chi connectivity index (χ0v) is 19.4. The molecular formula is C25H28N4O6.